The molecule has 2 rings (SSSR count). The molecule has 0 spiro atoms. The number of hydrogen-bond donors (Lipinski definition) is 0. The summed E-state index contributed by atoms with van der Waals surface area (Å²) in [5.41, 5.74) is 0. The van der Waals surface area contributed by atoms with Gasteiger partial charge in [-0.25, -0.2) is 8.42 Å². The Bertz CT molecular complexity index is 731. The van der Waals surface area contributed by atoms with Gasteiger partial charge in [0.15, 0.2) is 0 Å². The fourth-order valence-electron chi connectivity index (χ4n) is 2.79. The average Bonchev–Trinajstić information content (AvgIpc) is 2.62. The number of carbonyl (C=O) groups is 1. The molecule has 0 bridgehead atoms. The van der Waals surface area contributed by atoms with Gasteiger partial charge < -0.3 is 4.90 Å². The van der Waals surface area contributed by atoms with Gasteiger partial charge in [-0.3, -0.25) is 9.69 Å². The third-order valence-electron chi connectivity index (χ3n) is 4.18. The Kier molecular flexibility index (Phi) is 7.40. The van der Waals surface area contributed by atoms with Gasteiger partial charge in [0.05, 0.1) is 11.4 Å². The molecule has 1 aromatic carbocycles. The lowest BCUT2D eigenvalue weighted by Gasteiger charge is -2.35. The van der Waals surface area contributed by atoms with Crippen molar-refractivity contribution in [3.8, 4) is 0 Å². The quantitative estimate of drug-likeness (QED) is 0.628. The number of nitrogens with zero attached hydrogens (tertiary/aromatic N) is 3. The highest BCUT2D eigenvalue weighted by atomic mass is 35.5. The van der Waals surface area contributed by atoms with Crippen molar-refractivity contribution in [1.29, 1.82) is 0 Å². The maximum absolute atomic E-state index is 12.7. The molecule has 26 heavy (non-hydrogen) atoms. The summed E-state index contributed by atoms with van der Waals surface area (Å²) in [6.45, 7) is 10.2. The van der Waals surface area contributed by atoms with Gasteiger partial charge >= 0.3 is 0 Å². The Balaban J connectivity index is 1.95. The molecule has 0 aliphatic carbocycles. The van der Waals surface area contributed by atoms with E-state index in [1.165, 1.54) is 16.4 Å². The van der Waals surface area contributed by atoms with E-state index < -0.39 is 10.0 Å². The molecule has 8 heteroatoms. The van der Waals surface area contributed by atoms with E-state index in [1.807, 2.05) is 4.90 Å². The number of piperazine rings is 1. The van der Waals surface area contributed by atoms with E-state index in [0.29, 0.717) is 31.2 Å². The van der Waals surface area contributed by atoms with Crippen LogP contribution in [0.3, 0.4) is 0 Å². The van der Waals surface area contributed by atoms with Crippen molar-refractivity contribution in [3.63, 3.8) is 0 Å². The van der Waals surface area contributed by atoms with Crippen molar-refractivity contribution < 1.29 is 13.2 Å². The normalized spacial score (nSPS) is 15.8. The minimum Gasteiger partial charge on any atom is -0.339 e. The van der Waals surface area contributed by atoms with Gasteiger partial charge in [-0.15, -0.1) is 13.2 Å². The van der Waals surface area contributed by atoms with Crippen molar-refractivity contribution >= 4 is 27.5 Å². The maximum Gasteiger partial charge on any atom is 0.243 e. The molecule has 0 aromatic heterocycles. The van der Waals surface area contributed by atoms with E-state index in [9.17, 15) is 13.2 Å². The Hall–Kier alpha value is -1.67. The molecule has 6 nitrogen and oxygen atoms in total. The Labute approximate surface area is 160 Å². The minimum atomic E-state index is -3.57. The predicted molar refractivity (Wildman–Crippen MR) is 104 cm³/mol. The summed E-state index contributed by atoms with van der Waals surface area (Å²) in [5, 5.41) is 0.489. The highest BCUT2D eigenvalue weighted by Gasteiger charge is 2.30. The number of benzene rings is 1. The predicted octanol–water partition coefficient (Wildman–Crippen LogP) is 1.85. The third kappa shape index (κ3) is 5.17. The summed E-state index contributed by atoms with van der Waals surface area (Å²) in [6, 6.07) is 6.11. The van der Waals surface area contributed by atoms with E-state index in [-0.39, 0.29) is 30.4 Å². The second kappa shape index (κ2) is 9.32. The van der Waals surface area contributed by atoms with Gasteiger partial charge in [-0.05, 0) is 24.3 Å². The van der Waals surface area contributed by atoms with E-state index in [2.05, 4.69) is 13.2 Å². The van der Waals surface area contributed by atoms with Crippen molar-refractivity contribution in [3.05, 3.63) is 54.6 Å². The Morgan fingerprint density at radius 3 is 2.12 bits per heavy atom. The van der Waals surface area contributed by atoms with E-state index in [4.69, 9.17) is 11.6 Å². The van der Waals surface area contributed by atoms with Crippen molar-refractivity contribution in [2.75, 3.05) is 45.8 Å². The fraction of sp³-hybridized carbons (Fsp3) is 0.389. The summed E-state index contributed by atoms with van der Waals surface area (Å²) in [5.74, 6) is -0.0164. The van der Waals surface area contributed by atoms with Crippen LogP contribution in [0.25, 0.3) is 0 Å². The van der Waals surface area contributed by atoms with Gasteiger partial charge in [0.2, 0.25) is 15.9 Å². The van der Waals surface area contributed by atoms with E-state index in [1.54, 1.807) is 29.2 Å². The first kappa shape index (κ1) is 20.6. The molecule has 0 saturated carbocycles. The van der Waals surface area contributed by atoms with Gasteiger partial charge in [0, 0.05) is 44.3 Å². The van der Waals surface area contributed by atoms with Crippen LogP contribution in [0.15, 0.2) is 54.5 Å². The molecular weight excluding hydrogens is 374 g/mol. The summed E-state index contributed by atoms with van der Waals surface area (Å²) < 4.78 is 26.8. The topological polar surface area (TPSA) is 60.9 Å². The number of amides is 1. The van der Waals surface area contributed by atoms with Crippen LogP contribution in [0.5, 0.6) is 0 Å². The molecule has 142 valence electrons. The lowest BCUT2D eigenvalue weighted by Crippen LogP contribution is -2.52. The van der Waals surface area contributed by atoms with Crippen LogP contribution < -0.4 is 0 Å². The molecule has 1 fully saturated rings. The molecule has 1 aliphatic heterocycles. The second-order valence-electron chi connectivity index (χ2n) is 6.01. The molecule has 0 unspecified atom stereocenters. The first-order valence-corrected chi connectivity index (χ1v) is 10.2. The lowest BCUT2D eigenvalue weighted by atomic mass is 10.3. The summed E-state index contributed by atoms with van der Waals surface area (Å²) in [4.78, 5) is 16.3. The summed E-state index contributed by atoms with van der Waals surface area (Å²) in [7, 11) is -3.57. The van der Waals surface area contributed by atoms with Crippen molar-refractivity contribution in [2.45, 2.75) is 4.90 Å². The minimum absolute atomic E-state index is 0.0164. The standard InChI is InChI=1S/C18H24ClN3O3S/c1-3-9-20(10-4-2)15-18(23)21-11-13-22(14-12-21)26(24,25)17-7-5-16(19)6-8-17/h3-8H,1-2,9-15H2. The van der Waals surface area contributed by atoms with Crippen LogP contribution in [0, 0.1) is 0 Å². The number of sulfonamides is 1. The highest BCUT2D eigenvalue weighted by Crippen LogP contribution is 2.20. The molecule has 1 amide bonds. The largest absolute Gasteiger partial charge is 0.339 e. The molecule has 1 aliphatic rings. The molecule has 0 radical (unpaired) electrons. The summed E-state index contributed by atoms with van der Waals surface area (Å²) in [6.07, 6.45) is 3.49. The third-order valence-corrected chi connectivity index (χ3v) is 6.34. The van der Waals surface area contributed by atoms with Crippen LogP contribution >= 0.6 is 11.6 Å². The lowest BCUT2D eigenvalue weighted by molar-refractivity contribution is -0.133. The van der Waals surface area contributed by atoms with Crippen LogP contribution in [-0.4, -0.2) is 74.2 Å². The zero-order valence-corrected chi connectivity index (χ0v) is 16.3. The Morgan fingerprint density at radius 1 is 1.08 bits per heavy atom. The van der Waals surface area contributed by atoms with Gasteiger partial charge in [-0.2, -0.15) is 4.31 Å². The average molecular weight is 398 g/mol. The van der Waals surface area contributed by atoms with E-state index in [0.717, 1.165) is 0 Å². The van der Waals surface area contributed by atoms with Crippen LogP contribution in [0.1, 0.15) is 0 Å². The van der Waals surface area contributed by atoms with E-state index >= 15 is 0 Å². The zero-order valence-electron chi connectivity index (χ0n) is 14.7. The van der Waals surface area contributed by atoms with Crippen molar-refractivity contribution in [2.24, 2.45) is 0 Å². The van der Waals surface area contributed by atoms with Gasteiger partial charge in [-0.1, -0.05) is 23.8 Å². The molecule has 1 heterocycles. The first-order chi connectivity index (χ1) is 12.4. The van der Waals surface area contributed by atoms with Gasteiger partial charge in [0.1, 0.15) is 0 Å². The SMILES string of the molecule is C=CCN(CC=C)CC(=O)N1CCN(S(=O)(=O)c2ccc(Cl)cc2)CC1. The van der Waals surface area contributed by atoms with Crippen molar-refractivity contribution in [1.82, 2.24) is 14.1 Å². The molecular formula is C18H24ClN3O3S. The van der Waals surface area contributed by atoms with Crippen LogP contribution in [-0.2, 0) is 14.8 Å². The number of rotatable bonds is 8. The van der Waals surface area contributed by atoms with Gasteiger partial charge in [0.25, 0.3) is 0 Å². The smallest absolute Gasteiger partial charge is 0.243 e. The summed E-state index contributed by atoms with van der Waals surface area (Å²) >= 11 is 5.82. The molecule has 1 saturated heterocycles. The number of carbonyl (C=O) groups excluding carboxylic acids is 1. The molecule has 0 N–H and O–H groups in total. The number of halogens is 1. The number of hydrogen-bond acceptors (Lipinski definition) is 4. The second-order valence-corrected chi connectivity index (χ2v) is 8.38. The fourth-order valence-corrected chi connectivity index (χ4v) is 4.34. The van der Waals surface area contributed by atoms with Crippen LogP contribution in [0.4, 0.5) is 0 Å². The Morgan fingerprint density at radius 2 is 1.62 bits per heavy atom. The molecule has 1 aromatic rings. The van der Waals surface area contributed by atoms with Crippen LogP contribution in [0.2, 0.25) is 5.02 Å². The highest BCUT2D eigenvalue weighted by molar-refractivity contribution is 7.89. The monoisotopic (exact) mass is 397 g/mol. The first-order valence-electron chi connectivity index (χ1n) is 8.36. The maximum atomic E-state index is 12.7. The molecule has 0 atom stereocenters. The zero-order chi connectivity index (χ0) is 19.2.